The molecule has 0 saturated carbocycles. The van der Waals surface area contributed by atoms with Gasteiger partial charge in [0.2, 0.25) is 11.8 Å². The van der Waals surface area contributed by atoms with Crippen LogP contribution in [0.15, 0.2) is 68.4 Å². The number of nitrogens with one attached hydrogen (secondary N) is 5. The summed E-state index contributed by atoms with van der Waals surface area (Å²) in [7, 11) is 0. The monoisotopic (exact) mass is 1880 g/mol. The van der Waals surface area contributed by atoms with Crippen molar-refractivity contribution >= 4 is 40.9 Å². The van der Waals surface area contributed by atoms with E-state index in [0.717, 1.165) is 0 Å². The number of hydrogen-bond acceptors (Lipinski definition) is 34. The fourth-order valence-electron chi connectivity index (χ4n) is 12.9. The van der Waals surface area contributed by atoms with Gasteiger partial charge in [0.1, 0.15) is 102 Å². The van der Waals surface area contributed by atoms with Gasteiger partial charge in [-0.2, -0.15) is 8.78 Å². The molecule has 0 spiro atoms. The highest BCUT2D eigenvalue weighted by Crippen LogP contribution is 2.34. The summed E-state index contributed by atoms with van der Waals surface area (Å²) in [6, 6.07) is -9.29. The van der Waals surface area contributed by atoms with Gasteiger partial charge in [0.05, 0.1) is 155 Å². The molecule has 2 aromatic rings. The number of carbonyl (C=O) groups is 5. The number of aliphatic hydroxyl groups excluding tert-OH is 12. The van der Waals surface area contributed by atoms with Gasteiger partial charge in [-0.25, -0.2) is 26.3 Å². The molecule has 6 heterocycles. The Kier molecular flexibility index (Phi) is 46.6. The van der Waals surface area contributed by atoms with E-state index in [1.54, 1.807) is 26.1 Å². The van der Waals surface area contributed by atoms with E-state index in [4.69, 9.17) is 89.3 Å². The van der Waals surface area contributed by atoms with Crippen molar-refractivity contribution in [2.45, 2.75) is 237 Å². The summed E-state index contributed by atoms with van der Waals surface area (Å²) in [5.74, 6) is -16.3. The van der Waals surface area contributed by atoms with Crippen molar-refractivity contribution < 1.29 is 149 Å². The van der Waals surface area contributed by atoms with Crippen LogP contribution in [0.1, 0.15) is 69.2 Å². The molecule has 61 nitrogen and oxygen atoms in total. The second kappa shape index (κ2) is 54.4. The Morgan fingerprint density at radius 2 is 0.649 bits per heavy atom. The van der Waals surface area contributed by atoms with E-state index in [1.807, 2.05) is 20.3 Å². The van der Waals surface area contributed by atoms with Crippen LogP contribution in [0.5, 0.6) is 0 Å². The first-order valence-corrected chi connectivity index (χ1v) is 37.4. The summed E-state index contributed by atoms with van der Waals surface area (Å²) in [6.45, 7) is 8.82. The summed E-state index contributed by atoms with van der Waals surface area (Å²) in [4.78, 5) is 84.5. The summed E-state index contributed by atoms with van der Waals surface area (Å²) >= 11 is 0. The molecule has 6 aliphatic rings. The molecule has 69 heteroatoms. The van der Waals surface area contributed by atoms with Gasteiger partial charge >= 0.3 is 6.05 Å². The van der Waals surface area contributed by atoms with Crippen LogP contribution < -0.4 is 26.6 Å². The molecule has 30 atom stereocenters. The van der Waals surface area contributed by atoms with Gasteiger partial charge in [-0.3, -0.25) is 24.0 Å². The van der Waals surface area contributed by atoms with Gasteiger partial charge in [0.15, 0.2) is 23.3 Å². The maximum Gasteiger partial charge on any atom is 0.401 e. The Balaban J connectivity index is 0.000000410. The Morgan fingerprint density at radius 1 is 0.359 bits per heavy atom. The molecule has 2 aromatic carbocycles. The van der Waals surface area contributed by atoms with Crippen LogP contribution in [0.2, 0.25) is 0 Å². The molecule has 6 aliphatic heterocycles. The van der Waals surface area contributed by atoms with Crippen LogP contribution in [0.25, 0.3) is 115 Å². The van der Waals surface area contributed by atoms with E-state index >= 15 is 0 Å². The van der Waals surface area contributed by atoms with E-state index in [2.05, 4.69) is 111 Å². The largest absolute Gasteiger partial charge is 0.401 e. The molecule has 17 N–H and O–H groups in total. The van der Waals surface area contributed by atoms with Gasteiger partial charge in [-0.15, -0.1) is 0 Å². The number of nitrogens with zero attached hydrogens (tertiary/aromatic N) is 33. The van der Waals surface area contributed by atoms with Crippen LogP contribution in [0.4, 0.5) is 46.5 Å². The van der Waals surface area contributed by atoms with Crippen molar-refractivity contribution in [2.75, 3.05) is 45.8 Å². The SMILES string of the molecule is CC(=O)NC1[C@H](C)OC(CN=[N+]=[N-])[C@H](O)[C@@H]1O.C[C@@H]1OC(CN=[N+]=[N-])[C@H](O)[C@H](O)C1N=[N+]=[N-].C[C@@H]1OC(CN=[N+]=[N-])[C@H](O)[C@H](O)C1NC(=O)CN=[N+]=[N-].C[C@@H]1OC(CN=[N+]=[N-])[C@H](O)[C@H](O)C1NC(=O)c1c(F)c(F)c(N=[N+]=[N-])c(F)c1F.C[C@H]1OC(CN=[N+]=[N-])[C@H](O)[C@H](O)C1NC(=O)C(F)(F)N=[N+]=[N-].C[C@H]1OC(CN=[N+]=[N-])[C@H](O)[C@H](O)C1NC(=O)c1cc(F)c(N=[N+]=[N-])c(F)c1. The van der Waals surface area contributed by atoms with Crippen molar-refractivity contribution in [2.24, 2.45) is 56.3 Å². The first-order chi connectivity index (χ1) is 61.8. The van der Waals surface area contributed by atoms with Crippen molar-refractivity contribution in [3.63, 3.8) is 0 Å². The predicted octanol–water partition coefficient (Wildman–Crippen LogP) is 3.52. The third-order valence-electron chi connectivity index (χ3n) is 19.4. The van der Waals surface area contributed by atoms with Gasteiger partial charge < -0.3 is 116 Å². The van der Waals surface area contributed by atoms with Crippen molar-refractivity contribution in [3.05, 3.63) is 173 Å². The second-order valence-corrected chi connectivity index (χ2v) is 27.9. The lowest BCUT2D eigenvalue weighted by atomic mass is 9.93. The number of azide groups is 11. The third-order valence-corrected chi connectivity index (χ3v) is 19.4. The first kappa shape index (κ1) is 112. The molecule has 6 fully saturated rings. The zero-order chi connectivity index (χ0) is 99.2. The standard InChI is InChI=1S/C14H13F4N7O4.C14H15F2N7O4.C9H13F2N7O4.C9H15N7O4.C9H16N4O4.C7H12N6O3/c1-3-10(13(27)12(26)4(29-3)2-21-24-19)22-14(28)5-6(15)8(17)11(23-25-20)9(18)7(5)16;1-5-10(13(25)12(24)9(27-5)4-19-22-17)20-14(26)6-2-7(15)11(21-23-18)8(16)3-6;1-3-5(15-8(21)9(10,11)16-18-13)7(20)6(19)4(22-3)2-14-17-12;1-4-7(14-6(17)3-13-16-11)9(19)8(18)5(20-4)2-12-15-10;1-4-7(12-5(2)14)9(16)8(15)6(17-4)3-11-13-10;1-3-5(11-13-9)7(15)6(14)4(16-3)2-10-12-8/h3-4,10,12-13,26-27H,2H2,1H3,(H,22,28);2-3,5,9-10,12-13,24-25H,4H2,1H3,(H,20,26);3-7,19-20H,2H2,1H3,(H,15,21);4-5,7-9,18-19H,2-3H2,1H3,(H,14,17);4,6-9,15-16H,3H2,1-2H3,(H,12,14);3-7,14-15H,2H2,1H3/t3-,4?,10?,12-,13+;5-,9?,10?,12+,13-;3-,4?,5?,6+,7-;4-,5?,7?,8-,9+;4-,6?,7?,8-,9+;3-,4?,5?,6-,7+/m011000/s1. The zero-order valence-corrected chi connectivity index (χ0v) is 68.6. The van der Waals surface area contributed by atoms with E-state index in [0.29, 0.717) is 12.1 Å². The van der Waals surface area contributed by atoms with E-state index in [9.17, 15) is 120 Å². The van der Waals surface area contributed by atoms with Gasteiger partial charge in [-0.1, -0.05) is 51.1 Å². The highest BCUT2D eigenvalue weighted by atomic mass is 19.3. The van der Waals surface area contributed by atoms with E-state index in [1.165, 1.54) is 27.7 Å². The second-order valence-electron chi connectivity index (χ2n) is 27.9. The highest BCUT2D eigenvalue weighted by Gasteiger charge is 2.50. The fourth-order valence-corrected chi connectivity index (χ4v) is 12.9. The number of amides is 5. The Labute approximate surface area is 726 Å². The van der Waals surface area contributed by atoms with Crippen LogP contribution >= 0.6 is 0 Å². The molecule has 5 amide bonds. The molecule has 0 aliphatic carbocycles. The topological polar surface area (TPSA) is 980 Å². The van der Waals surface area contributed by atoms with Crippen molar-refractivity contribution in [3.8, 4) is 0 Å². The highest BCUT2D eigenvalue weighted by molar-refractivity contribution is 5.96. The molecular weight excluding hydrogens is 1800 g/mol. The van der Waals surface area contributed by atoms with Crippen LogP contribution in [0.3, 0.4) is 0 Å². The lowest BCUT2D eigenvalue weighted by Crippen LogP contribution is -2.64. The minimum Gasteiger partial charge on any atom is -0.390 e. The van der Waals surface area contributed by atoms with Crippen molar-refractivity contribution in [1.82, 2.24) is 26.6 Å². The summed E-state index contributed by atoms with van der Waals surface area (Å²) in [5.41, 5.74) is 85.7. The van der Waals surface area contributed by atoms with Gasteiger partial charge in [0.25, 0.3) is 17.7 Å². The normalized spacial score (nSPS) is 31.2. The zero-order valence-electron chi connectivity index (χ0n) is 68.6. The molecule has 0 radical (unpaired) electrons. The number of carbonyl (C=O) groups excluding carboxylic acids is 5. The fraction of sp³-hybridized carbons (Fsp3) is 0.726. The van der Waals surface area contributed by atoms with E-state index < -0.39 is 276 Å². The number of halogens is 8. The average molecular weight is 1880 g/mol. The minimum atomic E-state index is -4.35. The maximum atomic E-state index is 14.1. The average Bonchev–Trinajstić information content (AvgIpc) is 0.769. The molecule has 6 saturated heterocycles. The molecule has 0 bridgehead atoms. The number of benzene rings is 2. The van der Waals surface area contributed by atoms with E-state index in [-0.39, 0.29) is 45.2 Å². The number of ether oxygens (including phenoxy) is 6. The Hall–Kier alpha value is -13.1. The first-order valence-electron chi connectivity index (χ1n) is 37.4. The van der Waals surface area contributed by atoms with Crippen LogP contribution in [-0.2, 0) is 42.8 Å². The molecule has 8 rings (SSSR count). The lowest BCUT2D eigenvalue weighted by Gasteiger charge is -2.41. The number of hydrogen-bond donors (Lipinski definition) is 17. The number of aliphatic hydroxyl groups is 12. The molecule has 716 valence electrons. The summed E-state index contributed by atoms with van der Waals surface area (Å²) in [6.07, 6.45) is -27.0. The number of alkyl halides is 2. The minimum absolute atomic E-state index is 0.0636. The number of rotatable bonds is 26. The predicted molar refractivity (Wildman–Crippen MR) is 417 cm³/mol. The molecule has 0 aromatic heterocycles. The lowest BCUT2D eigenvalue weighted by molar-refractivity contribution is -0.182. The van der Waals surface area contributed by atoms with Gasteiger partial charge in [-0.05, 0) is 120 Å². The maximum absolute atomic E-state index is 14.1. The van der Waals surface area contributed by atoms with Crippen LogP contribution in [-0.4, -0.2) is 325 Å². The molecule has 12 unspecified atom stereocenters. The summed E-state index contributed by atoms with van der Waals surface area (Å²) in [5, 5.41) is 163. The third kappa shape index (κ3) is 31.4. The molecular formula is C62H84F8N38O23. The Bertz CT molecular complexity index is 4810. The van der Waals surface area contributed by atoms with Crippen LogP contribution in [0, 0.1) is 34.9 Å². The quantitative estimate of drug-likeness (QED) is 0.0160. The Morgan fingerprint density at radius 3 is 0.954 bits per heavy atom. The summed E-state index contributed by atoms with van der Waals surface area (Å²) < 4.78 is 142. The van der Waals surface area contributed by atoms with Gasteiger partial charge in [0, 0.05) is 66.5 Å². The smallest absolute Gasteiger partial charge is 0.390 e. The molecule has 131 heavy (non-hydrogen) atoms. The van der Waals surface area contributed by atoms with Crippen molar-refractivity contribution in [1.29, 1.82) is 0 Å².